The molecule has 4 aromatic carbocycles. The van der Waals surface area contributed by atoms with E-state index < -0.39 is 44.4 Å². The van der Waals surface area contributed by atoms with Crippen LogP contribution in [0.3, 0.4) is 0 Å². The number of halogens is 1. The summed E-state index contributed by atoms with van der Waals surface area (Å²) in [6, 6.07) is 15.7. The Morgan fingerprint density at radius 2 is 0.884 bits per heavy atom. The van der Waals surface area contributed by atoms with Gasteiger partial charge in [0.1, 0.15) is 0 Å². The Labute approximate surface area is 250 Å². The van der Waals surface area contributed by atoms with Gasteiger partial charge in [0, 0.05) is 0 Å². The van der Waals surface area contributed by atoms with Crippen LogP contribution in [-0.2, 0) is 0 Å². The molecule has 13 heteroatoms. The van der Waals surface area contributed by atoms with E-state index in [4.69, 9.17) is 15.0 Å². The van der Waals surface area contributed by atoms with Crippen molar-refractivity contribution in [1.82, 2.24) is 0 Å². The Morgan fingerprint density at radius 1 is 0.512 bits per heavy atom. The standard InChI is InChI=1S/C30H18IO12/c32-15-5-1-13(2-6-15)29-27(38)25(36)23-19(40-29)9-17(34)11-21(23)42-31-43-22-12-18(35)10-20-24(22)26(37)28(39)30(41-20)14-3-7-16(33)8-4-14/h1-12,32-35,38-39H/q-1. The Kier molecular flexibility index (Phi) is 6.85. The van der Waals surface area contributed by atoms with E-state index >= 15 is 0 Å². The molecular weight excluding hydrogens is 679 g/mol. The van der Waals surface area contributed by atoms with E-state index in [2.05, 4.69) is 0 Å². The number of hydrogen-bond acceptors (Lipinski definition) is 12. The van der Waals surface area contributed by atoms with Gasteiger partial charge in [-0.15, -0.1) is 0 Å². The average molecular weight is 697 g/mol. The molecule has 6 N–H and O–H groups in total. The van der Waals surface area contributed by atoms with Crippen LogP contribution in [0.25, 0.3) is 44.6 Å². The molecule has 0 aliphatic rings. The Bertz CT molecular complexity index is 2000. The van der Waals surface area contributed by atoms with Gasteiger partial charge in [0.2, 0.25) is 0 Å². The second-order valence-electron chi connectivity index (χ2n) is 9.16. The monoisotopic (exact) mass is 697 g/mol. The van der Waals surface area contributed by atoms with Crippen LogP contribution in [-0.4, -0.2) is 30.6 Å². The van der Waals surface area contributed by atoms with E-state index in [9.17, 15) is 40.2 Å². The Hall–Kier alpha value is -5.57. The van der Waals surface area contributed by atoms with Crippen molar-refractivity contribution in [2.75, 3.05) is 0 Å². The number of rotatable bonds is 6. The van der Waals surface area contributed by atoms with Crippen LogP contribution in [0.5, 0.6) is 46.0 Å². The van der Waals surface area contributed by atoms with Crippen molar-refractivity contribution < 1.29 is 67.6 Å². The molecule has 6 aromatic rings. The van der Waals surface area contributed by atoms with Crippen LogP contribution >= 0.6 is 0 Å². The van der Waals surface area contributed by atoms with E-state index in [0.29, 0.717) is 11.1 Å². The number of aromatic hydroxyl groups is 6. The van der Waals surface area contributed by atoms with E-state index in [-0.39, 0.29) is 68.0 Å². The molecule has 0 bridgehead atoms. The summed E-state index contributed by atoms with van der Waals surface area (Å²) in [7, 11) is 0. The number of phenols is 4. The number of fused-ring (bicyclic) bond motifs is 2. The zero-order valence-corrected chi connectivity index (χ0v) is 23.6. The second kappa shape index (κ2) is 10.7. The average Bonchev–Trinajstić information content (AvgIpc) is 2.97. The quantitative estimate of drug-likeness (QED) is 0.138. The predicted octanol–water partition coefficient (Wildman–Crippen LogP) is 1.84. The van der Waals surface area contributed by atoms with Gasteiger partial charge in [-0.2, -0.15) is 0 Å². The van der Waals surface area contributed by atoms with Gasteiger partial charge in [-0.05, 0) is 0 Å². The fourth-order valence-corrected chi connectivity index (χ4v) is 5.51. The summed E-state index contributed by atoms with van der Waals surface area (Å²) in [6.45, 7) is 0. The zero-order chi connectivity index (χ0) is 30.4. The first kappa shape index (κ1) is 27.6. The molecule has 6 rings (SSSR count). The third kappa shape index (κ3) is 5.05. The van der Waals surface area contributed by atoms with E-state index in [1.54, 1.807) is 0 Å². The number of phenolic OH excluding ortho intramolecular Hbond substituents is 4. The molecule has 12 nitrogen and oxygen atoms in total. The van der Waals surface area contributed by atoms with Gasteiger partial charge in [0.15, 0.2) is 0 Å². The van der Waals surface area contributed by atoms with Crippen LogP contribution in [0.1, 0.15) is 0 Å². The molecule has 0 saturated heterocycles. The van der Waals surface area contributed by atoms with Gasteiger partial charge in [-0.25, -0.2) is 0 Å². The van der Waals surface area contributed by atoms with Crippen molar-refractivity contribution >= 4 is 21.9 Å². The molecule has 0 fully saturated rings. The molecule has 0 aliphatic carbocycles. The van der Waals surface area contributed by atoms with Crippen LogP contribution in [0.15, 0.2) is 91.2 Å². The topological polar surface area (TPSA) is 200 Å². The molecule has 0 saturated carbocycles. The first-order valence-electron chi connectivity index (χ1n) is 12.2. The molecule has 0 unspecified atom stereocenters. The predicted molar refractivity (Wildman–Crippen MR) is 147 cm³/mol. The normalized spacial score (nSPS) is 11.3. The molecule has 2 aromatic heterocycles. The summed E-state index contributed by atoms with van der Waals surface area (Å²) < 4.78 is 22.8. The molecule has 218 valence electrons. The number of benzene rings is 4. The third-order valence-corrected chi connectivity index (χ3v) is 7.64. The molecule has 0 atom stereocenters. The maximum absolute atomic E-state index is 13.1. The van der Waals surface area contributed by atoms with Gasteiger partial charge < -0.3 is 0 Å². The molecule has 0 spiro atoms. The molecule has 0 amide bonds. The van der Waals surface area contributed by atoms with Crippen molar-refractivity contribution in [3.8, 4) is 68.6 Å². The molecule has 43 heavy (non-hydrogen) atoms. The minimum atomic E-state index is -1.87. The van der Waals surface area contributed by atoms with Crippen molar-refractivity contribution in [2.45, 2.75) is 0 Å². The van der Waals surface area contributed by atoms with Gasteiger partial charge in [0.25, 0.3) is 0 Å². The minimum absolute atomic E-state index is 0.0334. The van der Waals surface area contributed by atoms with Gasteiger partial charge >= 0.3 is 251 Å². The van der Waals surface area contributed by atoms with Crippen molar-refractivity contribution in [2.24, 2.45) is 0 Å². The van der Waals surface area contributed by atoms with E-state index in [0.717, 1.165) is 24.3 Å². The van der Waals surface area contributed by atoms with Crippen molar-refractivity contribution in [1.29, 1.82) is 0 Å². The van der Waals surface area contributed by atoms with Gasteiger partial charge in [-0.3, -0.25) is 0 Å². The van der Waals surface area contributed by atoms with Crippen LogP contribution < -0.4 is 39.0 Å². The summed E-state index contributed by atoms with van der Waals surface area (Å²) >= 11 is -1.87. The molecule has 2 heterocycles. The number of hydrogen-bond donors (Lipinski definition) is 6. The van der Waals surface area contributed by atoms with Crippen molar-refractivity contribution in [3.63, 3.8) is 0 Å². The fourth-order valence-electron chi connectivity index (χ4n) is 4.34. The molecular formula is C30H18IO12-. The van der Waals surface area contributed by atoms with Crippen LogP contribution in [0.4, 0.5) is 0 Å². The summed E-state index contributed by atoms with van der Waals surface area (Å²) in [4.78, 5) is 26.3. The maximum atomic E-state index is 13.1. The van der Waals surface area contributed by atoms with Crippen molar-refractivity contribution in [3.05, 3.63) is 93.2 Å². The van der Waals surface area contributed by atoms with Crippen LogP contribution in [0, 0.1) is 0 Å². The first-order valence-corrected chi connectivity index (χ1v) is 14.0. The first-order chi connectivity index (χ1) is 20.6. The zero-order valence-electron chi connectivity index (χ0n) is 21.4. The van der Waals surface area contributed by atoms with Crippen LogP contribution in [0.2, 0.25) is 0 Å². The summed E-state index contributed by atoms with van der Waals surface area (Å²) in [6.07, 6.45) is 0. The van der Waals surface area contributed by atoms with Gasteiger partial charge in [0.05, 0.1) is 0 Å². The third-order valence-electron chi connectivity index (χ3n) is 6.33. The summed E-state index contributed by atoms with van der Waals surface area (Å²) in [5.41, 5.74) is -1.36. The summed E-state index contributed by atoms with van der Waals surface area (Å²) in [5.74, 6) is -2.93. The Morgan fingerprint density at radius 3 is 1.26 bits per heavy atom. The molecule has 0 aliphatic heterocycles. The SMILES string of the molecule is O=c1c(O)c(-c2ccc(O)cc2)oc2cc(O)cc(O[I-]Oc3cc(O)cc4oc(-c5ccc(O)cc5)c(O)c(=O)c34)c12. The van der Waals surface area contributed by atoms with E-state index in [1.807, 2.05) is 0 Å². The molecule has 0 radical (unpaired) electrons. The van der Waals surface area contributed by atoms with Gasteiger partial charge in [-0.1, -0.05) is 0 Å². The Balaban J connectivity index is 1.35. The van der Waals surface area contributed by atoms with E-state index in [1.165, 1.54) is 48.5 Å². The summed E-state index contributed by atoms with van der Waals surface area (Å²) in [5, 5.41) is 60.5. The second-order valence-corrected chi connectivity index (χ2v) is 10.4. The fraction of sp³-hybridized carbons (Fsp3) is 0.